The molecule has 10 heavy (non-hydrogen) atoms. The third-order valence-electron chi connectivity index (χ3n) is 3.46. The van der Waals surface area contributed by atoms with Gasteiger partial charge in [0.1, 0.15) is 0 Å². The van der Waals surface area contributed by atoms with E-state index in [9.17, 15) is 0 Å². The molecular weight excluding hydrogens is 122 g/mol. The molecule has 0 aromatic rings. The molecule has 1 heteroatoms. The number of hydrogen-bond acceptors (Lipinski definition) is 1. The number of nitrogens with one attached hydrogen (secondary N) is 1. The van der Waals surface area contributed by atoms with Gasteiger partial charge in [0.25, 0.3) is 0 Å². The normalized spacial score (nSPS) is 47.1. The van der Waals surface area contributed by atoms with Crippen molar-refractivity contribution in [3.8, 4) is 0 Å². The van der Waals surface area contributed by atoms with Crippen molar-refractivity contribution in [2.45, 2.75) is 32.6 Å². The van der Waals surface area contributed by atoms with Gasteiger partial charge in [-0.2, -0.15) is 0 Å². The summed E-state index contributed by atoms with van der Waals surface area (Å²) >= 11 is 0. The van der Waals surface area contributed by atoms with E-state index in [4.69, 9.17) is 0 Å². The molecule has 2 fully saturated rings. The minimum absolute atomic E-state index is 0.679. The monoisotopic (exact) mass is 139 g/mol. The highest BCUT2D eigenvalue weighted by Crippen LogP contribution is 2.42. The van der Waals surface area contributed by atoms with Crippen molar-refractivity contribution < 1.29 is 0 Å². The van der Waals surface area contributed by atoms with E-state index in [-0.39, 0.29) is 0 Å². The van der Waals surface area contributed by atoms with Gasteiger partial charge < -0.3 is 5.32 Å². The zero-order valence-electron chi connectivity index (χ0n) is 6.82. The fourth-order valence-corrected chi connectivity index (χ4v) is 2.59. The van der Waals surface area contributed by atoms with E-state index in [2.05, 4.69) is 12.2 Å². The molecule has 1 saturated carbocycles. The Balaban J connectivity index is 2.10. The van der Waals surface area contributed by atoms with Gasteiger partial charge in [-0.1, -0.05) is 19.8 Å². The molecule has 0 aromatic heterocycles. The maximum absolute atomic E-state index is 3.50. The first-order chi connectivity index (χ1) is 4.81. The molecule has 2 rings (SSSR count). The van der Waals surface area contributed by atoms with Gasteiger partial charge in [0.15, 0.2) is 0 Å². The van der Waals surface area contributed by atoms with E-state index in [1.807, 2.05) is 0 Å². The Labute approximate surface area is 63.2 Å². The zero-order valence-corrected chi connectivity index (χ0v) is 6.82. The Hall–Kier alpha value is -0.0400. The smallest absolute Gasteiger partial charge is 0.000841 e. The molecule has 1 aliphatic heterocycles. The number of fused-ring (bicyclic) bond motifs is 1. The topological polar surface area (TPSA) is 12.0 Å². The van der Waals surface area contributed by atoms with Gasteiger partial charge in [-0.05, 0) is 30.7 Å². The minimum Gasteiger partial charge on any atom is -0.316 e. The molecule has 2 aliphatic rings. The van der Waals surface area contributed by atoms with Crippen LogP contribution in [0.3, 0.4) is 0 Å². The van der Waals surface area contributed by atoms with E-state index in [1.165, 1.54) is 38.8 Å². The van der Waals surface area contributed by atoms with Gasteiger partial charge in [-0.15, -0.1) is 0 Å². The lowest BCUT2D eigenvalue weighted by atomic mass is 9.70. The zero-order chi connectivity index (χ0) is 7.03. The summed E-state index contributed by atoms with van der Waals surface area (Å²) in [6.45, 7) is 5.02. The molecule has 1 aliphatic carbocycles. The second kappa shape index (κ2) is 2.23. The third-order valence-corrected chi connectivity index (χ3v) is 3.46. The predicted molar refractivity (Wildman–Crippen MR) is 42.9 cm³/mol. The largest absolute Gasteiger partial charge is 0.316 e. The second-order valence-electron chi connectivity index (χ2n) is 4.23. The first-order valence-electron chi connectivity index (χ1n) is 4.52. The molecule has 0 amide bonds. The van der Waals surface area contributed by atoms with E-state index in [0.717, 1.165) is 5.92 Å². The van der Waals surface area contributed by atoms with Crippen molar-refractivity contribution in [1.29, 1.82) is 0 Å². The van der Waals surface area contributed by atoms with Crippen molar-refractivity contribution in [3.63, 3.8) is 0 Å². The van der Waals surface area contributed by atoms with Gasteiger partial charge in [0.05, 0.1) is 0 Å². The highest BCUT2D eigenvalue weighted by Gasteiger charge is 2.39. The van der Waals surface area contributed by atoms with Crippen LogP contribution in [-0.4, -0.2) is 13.1 Å². The summed E-state index contributed by atoms with van der Waals surface area (Å²) in [5.41, 5.74) is 0.679. The van der Waals surface area contributed by atoms with Gasteiger partial charge >= 0.3 is 0 Å². The quantitative estimate of drug-likeness (QED) is 0.539. The molecule has 1 nitrogen and oxygen atoms in total. The summed E-state index contributed by atoms with van der Waals surface area (Å²) in [4.78, 5) is 0. The average Bonchev–Trinajstić information content (AvgIpc) is 2.29. The van der Waals surface area contributed by atoms with Crippen molar-refractivity contribution in [3.05, 3.63) is 0 Å². The van der Waals surface area contributed by atoms with Crippen LogP contribution in [0.25, 0.3) is 0 Å². The summed E-state index contributed by atoms with van der Waals surface area (Å²) in [6.07, 6.45) is 5.88. The van der Waals surface area contributed by atoms with Gasteiger partial charge in [-0.3, -0.25) is 0 Å². The fourth-order valence-electron chi connectivity index (χ4n) is 2.59. The Morgan fingerprint density at radius 3 is 3.10 bits per heavy atom. The van der Waals surface area contributed by atoms with Crippen LogP contribution in [0, 0.1) is 11.3 Å². The van der Waals surface area contributed by atoms with Crippen LogP contribution in [-0.2, 0) is 0 Å². The lowest BCUT2D eigenvalue weighted by molar-refractivity contribution is 0.174. The number of rotatable bonds is 0. The van der Waals surface area contributed by atoms with Crippen LogP contribution < -0.4 is 5.32 Å². The third kappa shape index (κ3) is 0.878. The Morgan fingerprint density at radius 1 is 1.40 bits per heavy atom. The predicted octanol–water partition coefficient (Wildman–Crippen LogP) is 1.79. The van der Waals surface area contributed by atoms with Crippen LogP contribution in [0.2, 0.25) is 0 Å². The first kappa shape index (κ1) is 6.66. The molecule has 1 saturated heterocycles. The summed E-state index contributed by atoms with van der Waals surface area (Å²) in [5.74, 6) is 1.00. The molecule has 1 heterocycles. The van der Waals surface area contributed by atoms with Crippen molar-refractivity contribution in [2.75, 3.05) is 13.1 Å². The number of hydrogen-bond donors (Lipinski definition) is 1. The Bertz CT molecular complexity index is 133. The molecule has 1 unspecified atom stereocenters. The van der Waals surface area contributed by atoms with Crippen molar-refractivity contribution in [2.24, 2.45) is 11.3 Å². The van der Waals surface area contributed by atoms with Crippen molar-refractivity contribution in [1.82, 2.24) is 5.32 Å². The van der Waals surface area contributed by atoms with Gasteiger partial charge in [0.2, 0.25) is 0 Å². The molecule has 58 valence electrons. The van der Waals surface area contributed by atoms with E-state index >= 15 is 0 Å². The molecule has 0 radical (unpaired) electrons. The average molecular weight is 139 g/mol. The molecule has 0 aromatic carbocycles. The van der Waals surface area contributed by atoms with Gasteiger partial charge in [-0.25, -0.2) is 0 Å². The summed E-state index contributed by atoms with van der Waals surface area (Å²) in [7, 11) is 0. The lowest BCUT2D eigenvalue weighted by Crippen LogP contribution is -2.29. The standard InChI is InChI=1S/C9H17N/c1-9-5-3-2-4-8(9)6-10-7-9/h8,10H,2-7H2,1H3/t8-,9?/m0/s1. The van der Waals surface area contributed by atoms with E-state index in [0.29, 0.717) is 5.41 Å². The summed E-state index contributed by atoms with van der Waals surface area (Å²) in [5, 5.41) is 3.50. The van der Waals surface area contributed by atoms with Crippen LogP contribution in [0.15, 0.2) is 0 Å². The fraction of sp³-hybridized carbons (Fsp3) is 1.00. The lowest BCUT2D eigenvalue weighted by Gasteiger charge is -2.34. The first-order valence-corrected chi connectivity index (χ1v) is 4.52. The SMILES string of the molecule is CC12CCCC[C@H]1CNC2. The molecule has 1 N–H and O–H groups in total. The minimum atomic E-state index is 0.679. The van der Waals surface area contributed by atoms with Gasteiger partial charge in [0, 0.05) is 6.54 Å². The van der Waals surface area contributed by atoms with Crippen LogP contribution >= 0.6 is 0 Å². The highest BCUT2D eigenvalue weighted by atomic mass is 14.9. The van der Waals surface area contributed by atoms with Crippen LogP contribution in [0.4, 0.5) is 0 Å². The highest BCUT2D eigenvalue weighted by molar-refractivity contribution is 4.93. The van der Waals surface area contributed by atoms with E-state index in [1.54, 1.807) is 0 Å². The van der Waals surface area contributed by atoms with Crippen LogP contribution in [0.1, 0.15) is 32.6 Å². The Kier molecular flexibility index (Phi) is 1.48. The second-order valence-corrected chi connectivity index (χ2v) is 4.23. The molecular formula is C9H17N. The van der Waals surface area contributed by atoms with Crippen molar-refractivity contribution >= 4 is 0 Å². The maximum Gasteiger partial charge on any atom is 0.000841 e. The molecule has 0 spiro atoms. The molecule has 2 atom stereocenters. The maximum atomic E-state index is 3.50. The van der Waals surface area contributed by atoms with E-state index < -0.39 is 0 Å². The van der Waals surface area contributed by atoms with Crippen LogP contribution in [0.5, 0.6) is 0 Å². The summed E-state index contributed by atoms with van der Waals surface area (Å²) < 4.78 is 0. The summed E-state index contributed by atoms with van der Waals surface area (Å²) in [6, 6.07) is 0. The molecule has 0 bridgehead atoms. The Morgan fingerprint density at radius 2 is 2.30 bits per heavy atom.